The molecular weight excluding hydrogens is 334 g/mol. The molecule has 0 fully saturated rings. The van der Waals surface area contributed by atoms with Gasteiger partial charge in [-0.1, -0.05) is 12.1 Å². The zero-order valence-electron chi connectivity index (χ0n) is 13.9. The second kappa shape index (κ2) is 6.62. The highest BCUT2D eigenvalue weighted by atomic mass is 32.2. The molecule has 2 aromatic rings. The fourth-order valence-electron chi connectivity index (χ4n) is 2.23. The van der Waals surface area contributed by atoms with Crippen LogP contribution in [0.5, 0.6) is 5.75 Å². The number of methoxy groups -OCH3 is 1. The lowest BCUT2D eigenvalue weighted by Gasteiger charge is -2.18. The molecule has 0 bridgehead atoms. The summed E-state index contributed by atoms with van der Waals surface area (Å²) in [5.74, 6) is 0.608. The Balaban J connectivity index is 2.43. The predicted molar refractivity (Wildman–Crippen MR) is 88.6 cm³/mol. The van der Waals surface area contributed by atoms with E-state index >= 15 is 0 Å². The molecule has 8 nitrogen and oxygen atoms in total. The van der Waals surface area contributed by atoms with Gasteiger partial charge < -0.3 is 9.30 Å². The maximum atomic E-state index is 12.7. The molecule has 9 heteroatoms. The van der Waals surface area contributed by atoms with Gasteiger partial charge in [-0.15, -0.1) is 0 Å². The zero-order chi connectivity index (χ0) is 18.1. The number of aryl methyl sites for hydroxylation is 1. The van der Waals surface area contributed by atoms with Gasteiger partial charge in [0, 0.05) is 33.9 Å². The number of aromatic nitrogens is 2. The molecular formula is C15H19N3O5S. The zero-order valence-corrected chi connectivity index (χ0v) is 14.7. The van der Waals surface area contributed by atoms with Crippen molar-refractivity contribution in [2.24, 2.45) is 14.1 Å². The van der Waals surface area contributed by atoms with Crippen molar-refractivity contribution in [3.8, 4) is 5.75 Å². The molecule has 0 unspecified atom stereocenters. The quantitative estimate of drug-likeness (QED) is 0.749. The predicted octanol–water partition coefficient (Wildman–Crippen LogP) is -0.0867. The summed E-state index contributed by atoms with van der Waals surface area (Å²) in [6.45, 7) is 0.0610. The van der Waals surface area contributed by atoms with Gasteiger partial charge in [-0.05, 0) is 17.7 Å². The van der Waals surface area contributed by atoms with Crippen LogP contribution in [0.25, 0.3) is 0 Å². The summed E-state index contributed by atoms with van der Waals surface area (Å²) in [4.78, 5) is 23.4. The summed E-state index contributed by atoms with van der Waals surface area (Å²) < 4.78 is 33.4. The molecule has 2 rings (SSSR count). The number of nitrogens with zero attached hydrogens (tertiary/aromatic N) is 3. The van der Waals surface area contributed by atoms with Crippen molar-refractivity contribution in [3.63, 3.8) is 0 Å². The normalized spacial score (nSPS) is 11.7. The number of hydrogen-bond donors (Lipinski definition) is 0. The minimum atomic E-state index is -4.05. The monoisotopic (exact) mass is 353 g/mol. The van der Waals surface area contributed by atoms with Gasteiger partial charge in [0.15, 0.2) is 4.90 Å². The van der Waals surface area contributed by atoms with Crippen molar-refractivity contribution in [1.29, 1.82) is 0 Å². The number of rotatable bonds is 5. The molecule has 1 aromatic heterocycles. The van der Waals surface area contributed by atoms with Crippen LogP contribution >= 0.6 is 0 Å². The van der Waals surface area contributed by atoms with E-state index in [1.807, 2.05) is 0 Å². The fraction of sp³-hybridized carbons (Fsp3) is 0.333. The number of hydrogen-bond acceptors (Lipinski definition) is 5. The van der Waals surface area contributed by atoms with Gasteiger partial charge in [-0.3, -0.25) is 9.36 Å². The summed E-state index contributed by atoms with van der Waals surface area (Å²) in [6.07, 6.45) is 1.04. The molecule has 0 aliphatic heterocycles. The first-order valence-electron chi connectivity index (χ1n) is 7.04. The molecule has 0 spiro atoms. The Labute approximate surface area is 139 Å². The Morgan fingerprint density at radius 3 is 2.50 bits per heavy atom. The Hall–Kier alpha value is -2.39. The van der Waals surface area contributed by atoms with E-state index < -0.39 is 26.2 Å². The highest BCUT2D eigenvalue weighted by Gasteiger charge is 2.26. The Morgan fingerprint density at radius 2 is 1.88 bits per heavy atom. The number of sulfonamides is 1. The number of ether oxygens (including phenoxy) is 1. The minimum Gasteiger partial charge on any atom is -0.497 e. The SMILES string of the molecule is COc1cccc(CN(C)S(=O)(=O)c2cn(C)c(=O)n(C)c2=O)c1. The highest BCUT2D eigenvalue weighted by molar-refractivity contribution is 7.89. The van der Waals surface area contributed by atoms with E-state index in [4.69, 9.17) is 4.74 Å². The van der Waals surface area contributed by atoms with Crippen molar-refractivity contribution in [1.82, 2.24) is 13.4 Å². The van der Waals surface area contributed by atoms with E-state index in [1.165, 1.54) is 28.3 Å². The van der Waals surface area contributed by atoms with Crippen LogP contribution in [0.3, 0.4) is 0 Å². The van der Waals surface area contributed by atoms with Crippen LogP contribution in [0.15, 0.2) is 44.9 Å². The van der Waals surface area contributed by atoms with E-state index in [0.29, 0.717) is 11.3 Å². The summed E-state index contributed by atoms with van der Waals surface area (Å²) in [5.41, 5.74) is -0.730. The van der Waals surface area contributed by atoms with Crippen LogP contribution in [0, 0.1) is 0 Å². The van der Waals surface area contributed by atoms with E-state index in [9.17, 15) is 18.0 Å². The third-order valence-corrected chi connectivity index (χ3v) is 5.43. The molecule has 0 amide bonds. The van der Waals surface area contributed by atoms with Crippen LogP contribution in [0.1, 0.15) is 5.56 Å². The second-order valence-corrected chi connectivity index (χ2v) is 7.38. The Kier molecular flexibility index (Phi) is 4.95. The first kappa shape index (κ1) is 18.0. The average molecular weight is 353 g/mol. The van der Waals surface area contributed by atoms with Crippen molar-refractivity contribution in [2.75, 3.05) is 14.2 Å². The van der Waals surface area contributed by atoms with Gasteiger partial charge in [0.1, 0.15) is 5.75 Å². The molecule has 130 valence electrons. The van der Waals surface area contributed by atoms with Gasteiger partial charge in [0.05, 0.1) is 7.11 Å². The molecule has 1 heterocycles. The third-order valence-electron chi connectivity index (χ3n) is 3.64. The molecule has 24 heavy (non-hydrogen) atoms. The smallest absolute Gasteiger partial charge is 0.330 e. The number of benzene rings is 1. The van der Waals surface area contributed by atoms with Crippen LogP contribution in [-0.4, -0.2) is 36.0 Å². The van der Waals surface area contributed by atoms with E-state index in [-0.39, 0.29) is 6.54 Å². The maximum Gasteiger partial charge on any atom is 0.330 e. The largest absolute Gasteiger partial charge is 0.497 e. The van der Waals surface area contributed by atoms with Crippen molar-refractivity contribution < 1.29 is 13.2 Å². The summed E-state index contributed by atoms with van der Waals surface area (Å²) >= 11 is 0. The van der Waals surface area contributed by atoms with Crippen LogP contribution in [-0.2, 0) is 30.7 Å². The maximum absolute atomic E-state index is 12.7. The first-order chi connectivity index (χ1) is 11.2. The highest BCUT2D eigenvalue weighted by Crippen LogP contribution is 2.17. The van der Waals surface area contributed by atoms with Gasteiger partial charge in [0.25, 0.3) is 5.56 Å². The minimum absolute atomic E-state index is 0.0610. The summed E-state index contributed by atoms with van der Waals surface area (Å²) in [5, 5.41) is 0. The van der Waals surface area contributed by atoms with Crippen molar-refractivity contribution in [2.45, 2.75) is 11.4 Å². The van der Waals surface area contributed by atoms with Crippen LogP contribution in [0.4, 0.5) is 0 Å². The Bertz CT molecular complexity index is 975. The van der Waals surface area contributed by atoms with E-state index in [1.54, 1.807) is 24.3 Å². The first-order valence-corrected chi connectivity index (χ1v) is 8.48. The van der Waals surface area contributed by atoms with Gasteiger partial charge in [0.2, 0.25) is 10.0 Å². The van der Waals surface area contributed by atoms with Gasteiger partial charge in [-0.25, -0.2) is 13.2 Å². The fourth-order valence-corrected chi connectivity index (χ4v) is 3.54. The summed E-state index contributed by atoms with van der Waals surface area (Å²) in [7, 11) is 1.48. The molecule has 1 aromatic carbocycles. The molecule has 0 N–H and O–H groups in total. The van der Waals surface area contributed by atoms with E-state index in [0.717, 1.165) is 19.6 Å². The molecule has 0 radical (unpaired) electrons. The topological polar surface area (TPSA) is 90.6 Å². The Morgan fingerprint density at radius 1 is 1.21 bits per heavy atom. The van der Waals surface area contributed by atoms with Crippen molar-refractivity contribution >= 4 is 10.0 Å². The van der Waals surface area contributed by atoms with E-state index in [2.05, 4.69) is 0 Å². The molecule has 0 aliphatic rings. The summed E-state index contributed by atoms with van der Waals surface area (Å²) in [6, 6.07) is 6.97. The van der Waals surface area contributed by atoms with Gasteiger partial charge >= 0.3 is 5.69 Å². The second-order valence-electron chi connectivity index (χ2n) is 5.36. The molecule has 0 atom stereocenters. The van der Waals surface area contributed by atoms with Crippen molar-refractivity contribution in [3.05, 3.63) is 56.9 Å². The molecule has 0 saturated carbocycles. The third kappa shape index (κ3) is 3.26. The molecule has 0 saturated heterocycles. The standard InChI is InChI=1S/C15H19N3O5S/c1-16-10-13(14(19)18(3)15(16)20)24(21,22)17(2)9-11-6-5-7-12(8-11)23-4/h5-8,10H,9H2,1-4H3. The molecule has 0 aliphatic carbocycles. The lowest BCUT2D eigenvalue weighted by atomic mass is 10.2. The van der Waals surface area contributed by atoms with Crippen LogP contribution in [0.2, 0.25) is 0 Å². The van der Waals surface area contributed by atoms with Gasteiger partial charge in [-0.2, -0.15) is 4.31 Å². The lowest BCUT2D eigenvalue weighted by Crippen LogP contribution is -2.41. The average Bonchev–Trinajstić information content (AvgIpc) is 2.56. The lowest BCUT2D eigenvalue weighted by molar-refractivity contribution is 0.412. The van der Waals surface area contributed by atoms with Crippen LogP contribution < -0.4 is 16.0 Å².